The van der Waals surface area contributed by atoms with Crippen LogP contribution in [0.15, 0.2) is 29.3 Å². The summed E-state index contributed by atoms with van der Waals surface area (Å²) in [7, 11) is -1.47. The Morgan fingerprint density at radius 1 is 1.42 bits per heavy atom. The molecule has 2 aliphatic rings. The minimum absolute atomic E-state index is 0.0862. The van der Waals surface area contributed by atoms with Crippen LogP contribution in [0.2, 0.25) is 0 Å². The molecule has 0 saturated carbocycles. The number of anilines is 1. The fraction of sp³-hybridized carbons (Fsp3) is 0.500. The number of fused-ring (bicyclic) bond motifs is 1. The summed E-state index contributed by atoms with van der Waals surface area (Å²) in [5.74, 6) is 0.726. The molecule has 2 saturated heterocycles. The third-order valence-corrected chi connectivity index (χ3v) is 7.29. The molecule has 0 aromatic heterocycles. The summed E-state index contributed by atoms with van der Waals surface area (Å²) in [6.07, 6.45) is 1.13. The molecule has 0 aliphatic carbocycles. The van der Waals surface area contributed by atoms with Gasteiger partial charge in [0.25, 0.3) is 0 Å². The zero-order valence-corrected chi connectivity index (χ0v) is 15.3. The van der Waals surface area contributed by atoms with E-state index in [1.165, 1.54) is 11.8 Å². The van der Waals surface area contributed by atoms with Crippen molar-refractivity contribution in [2.24, 2.45) is 4.99 Å². The van der Waals surface area contributed by atoms with E-state index in [0.717, 1.165) is 12.1 Å². The first-order chi connectivity index (χ1) is 11.4. The summed E-state index contributed by atoms with van der Waals surface area (Å²) in [4.78, 5) is 18.1. The lowest BCUT2D eigenvalue weighted by Gasteiger charge is -2.24. The van der Waals surface area contributed by atoms with Crippen molar-refractivity contribution < 1.29 is 17.9 Å². The Kier molecular flexibility index (Phi) is 4.87. The molecule has 2 atom stereocenters. The predicted octanol–water partition coefficient (Wildman–Crippen LogP) is 2.10. The van der Waals surface area contributed by atoms with Gasteiger partial charge in [0.1, 0.15) is 5.75 Å². The second-order valence-electron chi connectivity index (χ2n) is 5.91. The molecule has 6 nitrogen and oxygen atoms in total. The van der Waals surface area contributed by atoms with Crippen molar-refractivity contribution in [2.75, 3.05) is 23.5 Å². The molecule has 1 aromatic carbocycles. The molecule has 0 N–H and O–H groups in total. The van der Waals surface area contributed by atoms with E-state index in [4.69, 9.17) is 4.74 Å². The van der Waals surface area contributed by atoms with Gasteiger partial charge in [0.15, 0.2) is 15.0 Å². The van der Waals surface area contributed by atoms with Crippen LogP contribution in [0, 0.1) is 0 Å². The summed E-state index contributed by atoms with van der Waals surface area (Å²) in [6.45, 7) is 1.93. The van der Waals surface area contributed by atoms with E-state index in [1.54, 1.807) is 7.11 Å². The Bertz CT molecular complexity index is 776. The number of methoxy groups -OCH3 is 1. The van der Waals surface area contributed by atoms with Gasteiger partial charge in [-0.3, -0.25) is 4.79 Å². The van der Waals surface area contributed by atoms with E-state index in [2.05, 4.69) is 4.99 Å². The SMILES string of the molecule is CCCC(=O)N=C1S[C@H]2CS(=O)(=O)C[C@@H]2N1c1cccc(OC)c1. The number of ether oxygens (including phenoxy) is 1. The van der Waals surface area contributed by atoms with E-state index < -0.39 is 9.84 Å². The van der Waals surface area contributed by atoms with Gasteiger partial charge in [0.05, 0.1) is 24.7 Å². The number of sulfone groups is 1. The van der Waals surface area contributed by atoms with Crippen LogP contribution >= 0.6 is 11.8 Å². The molecule has 2 fully saturated rings. The smallest absolute Gasteiger partial charge is 0.248 e. The second-order valence-corrected chi connectivity index (χ2v) is 9.27. The van der Waals surface area contributed by atoms with Gasteiger partial charge < -0.3 is 9.64 Å². The molecule has 0 unspecified atom stereocenters. The average Bonchev–Trinajstić information content (AvgIpc) is 2.98. The van der Waals surface area contributed by atoms with Crippen LogP contribution in [0.3, 0.4) is 0 Å². The van der Waals surface area contributed by atoms with Gasteiger partial charge in [-0.05, 0) is 18.6 Å². The van der Waals surface area contributed by atoms with E-state index in [1.807, 2.05) is 36.1 Å². The quantitative estimate of drug-likeness (QED) is 0.810. The van der Waals surface area contributed by atoms with Gasteiger partial charge in [-0.1, -0.05) is 24.8 Å². The van der Waals surface area contributed by atoms with Crippen LogP contribution < -0.4 is 9.64 Å². The summed E-state index contributed by atoms with van der Waals surface area (Å²) < 4.78 is 29.3. The van der Waals surface area contributed by atoms with Crippen molar-refractivity contribution >= 4 is 38.4 Å². The second kappa shape index (κ2) is 6.76. The highest BCUT2D eigenvalue weighted by Gasteiger charge is 2.49. The van der Waals surface area contributed by atoms with E-state index in [0.29, 0.717) is 17.3 Å². The van der Waals surface area contributed by atoms with Crippen LogP contribution in [-0.2, 0) is 14.6 Å². The van der Waals surface area contributed by atoms with Crippen LogP contribution in [0.4, 0.5) is 5.69 Å². The van der Waals surface area contributed by atoms with Gasteiger partial charge >= 0.3 is 0 Å². The molecule has 130 valence electrons. The number of hydrogen-bond donors (Lipinski definition) is 0. The zero-order chi connectivity index (χ0) is 17.3. The first-order valence-corrected chi connectivity index (χ1v) is 10.6. The van der Waals surface area contributed by atoms with Crippen LogP contribution in [0.5, 0.6) is 5.75 Å². The highest BCUT2D eigenvalue weighted by Crippen LogP contribution is 2.41. The maximum Gasteiger partial charge on any atom is 0.248 e. The number of hydrogen-bond acceptors (Lipinski definition) is 5. The summed E-state index contributed by atoms with van der Waals surface area (Å²) in [5.41, 5.74) is 0.800. The molecule has 0 bridgehead atoms. The predicted molar refractivity (Wildman–Crippen MR) is 96.6 cm³/mol. The largest absolute Gasteiger partial charge is 0.497 e. The van der Waals surface area contributed by atoms with Crippen molar-refractivity contribution in [1.29, 1.82) is 0 Å². The number of rotatable bonds is 4. The number of carbonyl (C=O) groups excluding carboxylic acids is 1. The Hall–Kier alpha value is -1.54. The molecule has 0 radical (unpaired) electrons. The third-order valence-electron chi connectivity index (χ3n) is 4.08. The van der Waals surface area contributed by atoms with Gasteiger partial charge in [0, 0.05) is 23.4 Å². The van der Waals surface area contributed by atoms with E-state index in [-0.39, 0.29) is 28.7 Å². The number of amidine groups is 1. The first-order valence-electron chi connectivity index (χ1n) is 7.85. The topological polar surface area (TPSA) is 76.0 Å². The van der Waals surface area contributed by atoms with Crippen molar-refractivity contribution in [2.45, 2.75) is 31.1 Å². The van der Waals surface area contributed by atoms with Crippen LogP contribution in [0.1, 0.15) is 19.8 Å². The molecule has 1 amide bonds. The fourth-order valence-corrected chi connectivity index (χ4v) is 6.93. The highest BCUT2D eigenvalue weighted by molar-refractivity contribution is 8.16. The normalized spacial score (nSPS) is 26.6. The molecule has 8 heteroatoms. The average molecular weight is 368 g/mol. The Morgan fingerprint density at radius 3 is 2.92 bits per heavy atom. The Balaban J connectivity index is 1.99. The number of thioether (sulfide) groups is 1. The molecule has 1 aromatic rings. The lowest BCUT2D eigenvalue weighted by atomic mass is 10.2. The van der Waals surface area contributed by atoms with Crippen molar-refractivity contribution in [3.05, 3.63) is 24.3 Å². The van der Waals surface area contributed by atoms with Crippen molar-refractivity contribution in [1.82, 2.24) is 0 Å². The Morgan fingerprint density at radius 2 is 2.21 bits per heavy atom. The van der Waals surface area contributed by atoms with Gasteiger partial charge in [-0.2, -0.15) is 4.99 Å². The van der Waals surface area contributed by atoms with Crippen LogP contribution in [0.25, 0.3) is 0 Å². The van der Waals surface area contributed by atoms with E-state index in [9.17, 15) is 13.2 Å². The van der Waals surface area contributed by atoms with E-state index >= 15 is 0 Å². The van der Waals surface area contributed by atoms with Gasteiger partial charge in [-0.15, -0.1) is 0 Å². The number of benzene rings is 1. The fourth-order valence-electron chi connectivity index (χ4n) is 3.00. The minimum atomic E-state index is -3.06. The third kappa shape index (κ3) is 3.44. The first kappa shape index (κ1) is 17.3. The lowest BCUT2D eigenvalue weighted by molar-refractivity contribution is -0.117. The highest BCUT2D eigenvalue weighted by atomic mass is 32.2. The van der Waals surface area contributed by atoms with Crippen LogP contribution in [-0.4, -0.2) is 49.4 Å². The molecule has 0 spiro atoms. The summed E-state index contributed by atoms with van der Waals surface area (Å²) in [5, 5.41) is 0.501. The van der Waals surface area contributed by atoms with Gasteiger partial charge in [-0.25, -0.2) is 8.42 Å². The summed E-state index contributed by atoms with van der Waals surface area (Å²) in [6, 6.07) is 7.21. The maximum absolute atomic E-state index is 12.0. The number of amides is 1. The minimum Gasteiger partial charge on any atom is -0.497 e. The van der Waals surface area contributed by atoms with Crippen molar-refractivity contribution in [3.63, 3.8) is 0 Å². The zero-order valence-electron chi connectivity index (χ0n) is 13.6. The monoisotopic (exact) mass is 368 g/mol. The maximum atomic E-state index is 12.0. The number of aliphatic imine (C=N–C) groups is 1. The van der Waals surface area contributed by atoms with Gasteiger partial charge in [0.2, 0.25) is 5.91 Å². The number of carbonyl (C=O) groups is 1. The molecular formula is C16H20N2O4S2. The number of nitrogens with zero attached hydrogens (tertiary/aromatic N) is 2. The molecule has 2 aliphatic heterocycles. The lowest BCUT2D eigenvalue weighted by Crippen LogP contribution is -2.37. The summed E-state index contributed by atoms with van der Waals surface area (Å²) >= 11 is 1.39. The molecule has 3 rings (SSSR count). The molecule has 24 heavy (non-hydrogen) atoms. The molecule has 2 heterocycles. The standard InChI is InChI=1S/C16H20N2O4S2/c1-3-5-15(19)17-16-18(11-6-4-7-12(8-11)22-2)13-9-24(20,21)10-14(13)23-16/h4,6-8,13-14H,3,5,9-10H2,1-2H3/t13-,14-/m0/s1. The molecular weight excluding hydrogens is 348 g/mol. The van der Waals surface area contributed by atoms with Crippen molar-refractivity contribution in [3.8, 4) is 5.75 Å². The Labute approximate surface area is 146 Å².